The third-order valence-electron chi connectivity index (χ3n) is 5.85. The molecule has 0 aliphatic heterocycles. The molecule has 0 amide bonds. The minimum atomic E-state index is -0.732. The molecule has 0 saturated heterocycles. The van der Waals surface area contributed by atoms with Gasteiger partial charge in [-0.25, -0.2) is 4.98 Å². The molecule has 172 valence electrons. The third-order valence-corrected chi connectivity index (χ3v) is 5.85. The summed E-state index contributed by atoms with van der Waals surface area (Å²) in [6.45, 7) is 4.23. The van der Waals surface area contributed by atoms with E-state index in [4.69, 9.17) is 20.2 Å². The normalized spacial score (nSPS) is 13.3. The zero-order valence-electron chi connectivity index (χ0n) is 19.5. The van der Waals surface area contributed by atoms with Gasteiger partial charge in [0.1, 0.15) is 17.4 Å². The summed E-state index contributed by atoms with van der Waals surface area (Å²) in [5.41, 5.74) is 9.50. The molecule has 0 aliphatic carbocycles. The molecule has 1 atom stereocenters. The lowest BCUT2D eigenvalue weighted by Crippen LogP contribution is -2.42. The number of nitrogens with one attached hydrogen (secondary N) is 1. The number of nitrogens with zero attached hydrogens (tertiary/aromatic N) is 2. The van der Waals surface area contributed by atoms with Crippen LogP contribution >= 0.6 is 0 Å². The fraction of sp³-hybridized carbons (Fsp3) is 0.480. The number of rotatable bonds is 12. The fourth-order valence-electron chi connectivity index (χ4n) is 3.97. The van der Waals surface area contributed by atoms with E-state index in [1.165, 1.54) is 0 Å². The average molecular weight is 439 g/mol. The van der Waals surface area contributed by atoms with E-state index in [1.807, 2.05) is 38.2 Å². The van der Waals surface area contributed by atoms with E-state index < -0.39 is 5.54 Å². The van der Waals surface area contributed by atoms with Crippen LogP contribution in [0, 0.1) is 6.92 Å². The monoisotopic (exact) mass is 438 g/mol. The Balaban J connectivity index is 1.81. The molecule has 0 bridgehead atoms. The Morgan fingerprint density at radius 3 is 2.69 bits per heavy atom. The second-order valence-electron chi connectivity index (χ2n) is 8.37. The molecule has 0 saturated carbocycles. The maximum Gasteiger partial charge on any atom is 0.132 e. The van der Waals surface area contributed by atoms with Crippen LogP contribution in [0.25, 0.3) is 22.2 Å². The van der Waals surface area contributed by atoms with Crippen molar-refractivity contribution in [3.05, 3.63) is 42.0 Å². The number of unbranched alkanes of at least 4 members (excludes halogenated alkanes) is 2. The summed E-state index contributed by atoms with van der Waals surface area (Å²) < 4.78 is 11.1. The van der Waals surface area contributed by atoms with Gasteiger partial charge in [-0.1, -0.05) is 25.8 Å². The van der Waals surface area contributed by atoms with E-state index in [-0.39, 0.29) is 0 Å². The number of H-pyrrole nitrogens is 1. The van der Waals surface area contributed by atoms with E-state index in [0.29, 0.717) is 43.2 Å². The highest BCUT2D eigenvalue weighted by molar-refractivity contribution is 5.87. The Kier molecular flexibility index (Phi) is 7.99. The van der Waals surface area contributed by atoms with Crippen molar-refractivity contribution in [1.29, 1.82) is 0 Å². The van der Waals surface area contributed by atoms with Crippen LogP contribution in [-0.2, 0) is 15.1 Å². The molecule has 7 nitrogen and oxygen atoms in total. The highest BCUT2D eigenvalue weighted by Gasteiger charge is 2.31. The van der Waals surface area contributed by atoms with Gasteiger partial charge < -0.3 is 20.2 Å². The van der Waals surface area contributed by atoms with Gasteiger partial charge in [0.05, 0.1) is 30.5 Å². The van der Waals surface area contributed by atoms with E-state index in [0.717, 1.165) is 47.1 Å². The quantitative estimate of drug-likeness (QED) is 0.398. The maximum atomic E-state index is 11.5. The lowest BCUT2D eigenvalue weighted by molar-refractivity contribution is -0.118. The molecule has 3 N–H and O–H groups in total. The highest BCUT2D eigenvalue weighted by Crippen LogP contribution is 2.34. The molecule has 2 aromatic heterocycles. The van der Waals surface area contributed by atoms with E-state index in [2.05, 4.69) is 16.0 Å². The molecular formula is C25H34N4O3. The van der Waals surface area contributed by atoms with Crippen LogP contribution in [-0.4, -0.2) is 41.6 Å². The first-order chi connectivity index (χ1) is 15.4. The van der Waals surface area contributed by atoms with Gasteiger partial charge >= 0.3 is 0 Å². The third kappa shape index (κ3) is 5.53. The molecule has 0 aliphatic rings. The largest absolute Gasteiger partial charge is 0.496 e. The number of imidazole rings is 1. The lowest BCUT2D eigenvalue weighted by Gasteiger charge is -2.26. The summed E-state index contributed by atoms with van der Waals surface area (Å²) in [6.07, 6.45) is 6.56. The summed E-state index contributed by atoms with van der Waals surface area (Å²) in [7, 11) is 3.29. The number of nitrogens with two attached hydrogens (primary N) is 1. The number of carbonyl (C=O) groups excluding carboxylic acids is 1. The number of ketones is 1. The predicted molar refractivity (Wildman–Crippen MR) is 127 cm³/mol. The number of aromatic nitrogens is 3. The van der Waals surface area contributed by atoms with Crippen LogP contribution in [0.1, 0.15) is 57.0 Å². The lowest BCUT2D eigenvalue weighted by atomic mass is 9.92. The second kappa shape index (κ2) is 10.7. The number of fused-ring (bicyclic) bond motifs is 1. The molecule has 0 spiro atoms. The number of aromatic amines is 1. The summed E-state index contributed by atoms with van der Waals surface area (Å²) >= 11 is 0. The standard InChI is InChI=1S/C25H34N4O3/c1-5-19(30)9-7-6-8-12-25(26,16-31-3)24-27-15-22(29-24)20-13-18-11-10-17(2)28-21(18)14-23(20)32-4/h10-11,13-15H,5-9,12,16,26H2,1-4H3,(H,27,29). The van der Waals surface area contributed by atoms with Crippen molar-refractivity contribution in [3.63, 3.8) is 0 Å². The predicted octanol–water partition coefficient (Wildman–Crippen LogP) is 4.67. The number of benzene rings is 1. The van der Waals surface area contributed by atoms with Crippen molar-refractivity contribution >= 4 is 16.7 Å². The Morgan fingerprint density at radius 2 is 1.97 bits per heavy atom. The Hall–Kier alpha value is -2.77. The van der Waals surface area contributed by atoms with Gasteiger partial charge in [0.2, 0.25) is 0 Å². The van der Waals surface area contributed by atoms with Gasteiger partial charge in [-0.3, -0.25) is 9.78 Å². The van der Waals surface area contributed by atoms with Crippen molar-refractivity contribution in [1.82, 2.24) is 15.0 Å². The van der Waals surface area contributed by atoms with Crippen LogP contribution in [0.2, 0.25) is 0 Å². The zero-order valence-corrected chi connectivity index (χ0v) is 19.5. The van der Waals surface area contributed by atoms with Gasteiger partial charge in [-0.05, 0) is 31.9 Å². The van der Waals surface area contributed by atoms with E-state index in [9.17, 15) is 4.79 Å². The van der Waals surface area contributed by atoms with Crippen molar-refractivity contribution in [3.8, 4) is 17.0 Å². The molecule has 32 heavy (non-hydrogen) atoms. The molecule has 3 aromatic rings. The molecule has 1 unspecified atom stereocenters. The van der Waals surface area contributed by atoms with Crippen molar-refractivity contribution in [2.75, 3.05) is 20.8 Å². The number of Topliss-reactive ketones (excluding diaryl/α,β-unsaturated/α-hetero) is 1. The molecule has 2 heterocycles. The molecule has 1 aromatic carbocycles. The number of hydrogen-bond acceptors (Lipinski definition) is 6. The minimum Gasteiger partial charge on any atom is -0.496 e. The van der Waals surface area contributed by atoms with Gasteiger partial charge in [0.15, 0.2) is 0 Å². The fourth-order valence-corrected chi connectivity index (χ4v) is 3.97. The molecule has 3 rings (SSSR count). The van der Waals surface area contributed by atoms with Crippen LogP contribution < -0.4 is 10.5 Å². The molecule has 7 heteroatoms. The number of methoxy groups -OCH3 is 2. The smallest absolute Gasteiger partial charge is 0.132 e. The summed E-state index contributed by atoms with van der Waals surface area (Å²) in [6, 6.07) is 8.02. The van der Waals surface area contributed by atoms with Gasteiger partial charge in [-0.2, -0.15) is 0 Å². The maximum absolute atomic E-state index is 11.5. The molecule has 0 radical (unpaired) electrons. The second-order valence-corrected chi connectivity index (χ2v) is 8.37. The number of ether oxygens (including phenoxy) is 2. The first-order valence-corrected chi connectivity index (χ1v) is 11.2. The van der Waals surface area contributed by atoms with Crippen LogP contribution in [0.3, 0.4) is 0 Å². The van der Waals surface area contributed by atoms with E-state index in [1.54, 1.807) is 14.2 Å². The zero-order chi connectivity index (χ0) is 23.1. The van der Waals surface area contributed by atoms with Gasteiger partial charge in [0.25, 0.3) is 0 Å². The van der Waals surface area contributed by atoms with E-state index >= 15 is 0 Å². The van der Waals surface area contributed by atoms with Crippen LogP contribution in [0.15, 0.2) is 30.5 Å². The summed E-state index contributed by atoms with van der Waals surface area (Å²) in [4.78, 5) is 24.2. The SMILES string of the molecule is CCC(=O)CCCCCC(N)(COC)c1nc(-c2cc3ccc(C)nc3cc2OC)c[nH]1. The van der Waals surface area contributed by atoms with Crippen molar-refractivity contribution in [2.24, 2.45) is 5.73 Å². The van der Waals surface area contributed by atoms with Crippen LogP contribution in [0.4, 0.5) is 0 Å². The molecule has 0 fully saturated rings. The topological polar surface area (TPSA) is 103 Å². The van der Waals surface area contributed by atoms with Crippen molar-refractivity contribution < 1.29 is 14.3 Å². The highest BCUT2D eigenvalue weighted by atomic mass is 16.5. The Morgan fingerprint density at radius 1 is 1.16 bits per heavy atom. The van der Waals surface area contributed by atoms with Crippen molar-refractivity contribution in [2.45, 2.75) is 57.9 Å². The minimum absolute atomic E-state index is 0.311. The number of pyridine rings is 1. The van der Waals surface area contributed by atoms with Crippen LogP contribution in [0.5, 0.6) is 5.75 Å². The number of carbonyl (C=O) groups is 1. The van der Waals surface area contributed by atoms with Gasteiger partial charge in [-0.15, -0.1) is 0 Å². The number of hydrogen-bond donors (Lipinski definition) is 2. The first-order valence-electron chi connectivity index (χ1n) is 11.2. The Labute approximate surface area is 189 Å². The number of aryl methyl sites for hydroxylation is 1. The first kappa shape index (κ1) is 23.9. The van der Waals surface area contributed by atoms with Gasteiger partial charge in [0, 0.05) is 48.9 Å². The summed E-state index contributed by atoms with van der Waals surface area (Å²) in [5, 5.41) is 1.02. The average Bonchev–Trinajstić information content (AvgIpc) is 3.29. The summed E-state index contributed by atoms with van der Waals surface area (Å²) in [5.74, 6) is 1.71. The molecular weight excluding hydrogens is 404 g/mol. The Bertz CT molecular complexity index is 1060.